The normalized spacial score (nSPS) is 13.6. The zero-order chi connectivity index (χ0) is 20.6. The number of nitrogen functional groups attached to an aromatic ring is 2. The fourth-order valence-corrected chi connectivity index (χ4v) is 3.71. The van der Waals surface area contributed by atoms with E-state index in [1.165, 1.54) is 12.1 Å². The molecule has 28 heavy (non-hydrogen) atoms. The molecule has 4 rings (SSSR count). The maximum absolute atomic E-state index is 10.7. The predicted octanol–water partition coefficient (Wildman–Crippen LogP) is 3.66. The predicted molar refractivity (Wildman–Crippen MR) is 113 cm³/mol. The maximum atomic E-state index is 10.7. The van der Waals surface area contributed by atoms with Gasteiger partial charge < -0.3 is 11.5 Å². The highest BCUT2D eigenvalue weighted by atomic mass is 79.9. The summed E-state index contributed by atoms with van der Waals surface area (Å²) < 4.78 is 1.35. The summed E-state index contributed by atoms with van der Waals surface area (Å²) in [7, 11) is 0. The molecule has 2 aliphatic rings. The van der Waals surface area contributed by atoms with Crippen LogP contribution in [-0.4, -0.2) is 19.1 Å². The van der Waals surface area contributed by atoms with Crippen LogP contribution in [0.5, 0.6) is 0 Å². The molecule has 2 aliphatic heterocycles. The van der Waals surface area contributed by atoms with Crippen molar-refractivity contribution in [2.45, 2.75) is 13.1 Å². The van der Waals surface area contributed by atoms with Crippen molar-refractivity contribution in [3.05, 3.63) is 66.7 Å². The number of rotatable bonds is 2. The molecule has 0 bridgehead atoms. The second kappa shape index (κ2) is 7.64. The van der Waals surface area contributed by atoms with Crippen molar-refractivity contribution in [3.8, 4) is 0 Å². The Morgan fingerprint density at radius 3 is 1.75 bits per heavy atom. The molecule has 0 aromatic heterocycles. The van der Waals surface area contributed by atoms with Crippen LogP contribution < -0.4 is 11.5 Å². The number of anilines is 2. The minimum atomic E-state index is -0.767. The van der Waals surface area contributed by atoms with Crippen molar-refractivity contribution >= 4 is 63.9 Å². The molecule has 0 unspecified atom stereocenters. The third-order valence-electron chi connectivity index (χ3n) is 4.12. The van der Waals surface area contributed by atoms with Gasteiger partial charge in [0, 0.05) is 23.3 Å². The number of hydrogen-bond acceptors (Lipinski definition) is 8. The van der Waals surface area contributed by atoms with Crippen LogP contribution >= 0.6 is 31.9 Å². The summed E-state index contributed by atoms with van der Waals surface area (Å²) in [4.78, 5) is 28.0. The Hall–Kier alpha value is -2.86. The Morgan fingerprint density at radius 1 is 0.786 bits per heavy atom. The summed E-state index contributed by atoms with van der Waals surface area (Å²) in [5, 5.41) is 21.3. The summed E-state index contributed by atoms with van der Waals surface area (Å²) in [6.07, 6.45) is 0. The highest BCUT2D eigenvalue weighted by molar-refractivity contribution is 9.18. The van der Waals surface area contributed by atoms with E-state index < -0.39 is 21.2 Å². The molecule has 4 N–H and O–H groups in total. The molecular weight excluding hydrogens is 500 g/mol. The zero-order valence-corrected chi connectivity index (χ0v) is 17.2. The van der Waals surface area contributed by atoms with Gasteiger partial charge in [0.2, 0.25) is 0 Å². The summed E-state index contributed by atoms with van der Waals surface area (Å²) >= 11 is 6.49. The van der Waals surface area contributed by atoms with Crippen LogP contribution in [0.2, 0.25) is 0 Å². The van der Waals surface area contributed by atoms with E-state index in [4.69, 9.17) is 11.5 Å². The number of fused-ring (bicyclic) bond motifs is 2. The van der Waals surface area contributed by atoms with Gasteiger partial charge in [-0.15, -0.1) is 0 Å². The van der Waals surface area contributed by atoms with Crippen molar-refractivity contribution in [3.63, 3.8) is 0 Å². The average molecular weight is 512 g/mol. The Bertz CT molecular complexity index is 1080. The molecule has 0 spiro atoms. The first-order valence-corrected chi connectivity index (χ1v) is 9.31. The van der Waals surface area contributed by atoms with Crippen molar-refractivity contribution < 1.29 is 9.85 Å². The lowest BCUT2D eigenvalue weighted by molar-refractivity contribution is -0.422. The minimum absolute atomic E-state index is 0.300. The molecule has 0 aliphatic carbocycles. The average Bonchev–Trinajstić information content (AvgIpc) is 3.18. The summed E-state index contributed by atoms with van der Waals surface area (Å²) in [6.45, 7) is 0.995. The number of benzene rings is 2. The van der Waals surface area contributed by atoms with E-state index in [9.17, 15) is 20.2 Å². The number of hydrogen-bond donors (Lipinski definition) is 2. The van der Waals surface area contributed by atoms with E-state index in [0.717, 1.165) is 15.7 Å². The molecule has 0 amide bonds. The van der Waals surface area contributed by atoms with Gasteiger partial charge >= 0.3 is 11.4 Å². The standard InChI is InChI=1S/C8H4BrN3O4.C8H8BrN3/c9-8-5-2-7(12(15)16)6(11(13)14)1-4(5)3-10-8;9-8-5-2-7(11)6(10)1-4(5)3-12-8/h1-2H,3H2;1-2H,3,10-11H2. The molecular formula is C16H12Br2N6O4. The quantitative estimate of drug-likeness (QED) is 0.354. The van der Waals surface area contributed by atoms with Crippen LogP contribution in [-0.2, 0) is 13.1 Å². The second-order valence-electron chi connectivity index (χ2n) is 5.86. The SMILES string of the molecule is Nc1cc2c(cc1N)C(Br)=NC2.O=[N+]([O-])c1cc2c(cc1[N+](=O)[O-])C(Br)=NC2. The van der Waals surface area contributed by atoms with Gasteiger partial charge in [-0.05, 0) is 55.1 Å². The van der Waals surface area contributed by atoms with Gasteiger partial charge in [-0.2, -0.15) is 0 Å². The molecule has 0 saturated heterocycles. The topological polar surface area (TPSA) is 163 Å². The van der Waals surface area contributed by atoms with Gasteiger partial charge in [0.25, 0.3) is 0 Å². The molecule has 0 fully saturated rings. The van der Waals surface area contributed by atoms with Crippen molar-refractivity contribution in [2.75, 3.05) is 11.5 Å². The molecule has 0 atom stereocenters. The zero-order valence-electron chi connectivity index (χ0n) is 14.1. The number of aliphatic imine (C=N–C) groups is 2. The third kappa shape index (κ3) is 3.73. The number of nitro groups is 2. The number of nitrogens with two attached hydrogens (primary N) is 2. The van der Waals surface area contributed by atoms with Crippen LogP contribution in [0.25, 0.3) is 0 Å². The molecule has 12 heteroatoms. The number of halogens is 2. The highest BCUT2D eigenvalue weighted by Crippen LogP contribution is 2.34. The lowest BCUT2D eigenvalue weighted by atomic mass is 10.1. The first-order valence-electron chi connectivity index (χ1n) is 7.73. The molecule has 2 aromatic rings. The summed E-state index contributed by atoms with van der Waals surface area (Å²) in [6, 6.07) is 6.10. The van der Waals surface area contributed by atoms with E-state index >= 15 is 0 Å². The van der Waals surface area contributed by atoms with Crippen LogP contribution in [0.15, 0.2) is 34.3 Å². The molecule has 0 saturated carbocycles. The molecule has 2 heterocycles. The van der Waals surface area contributed by atoms with Crippen molar-refractivity contribution in [2.24, 2.45) is 9.98 Å². The van der Waals surface area contributed by atoms with Crippen LogP contribution in [0.4, 0.5) is 22.7 Å². The Balaban J connectivity index is 0.000000167. The van der Waals surface area contributed by atoms with Crippen LogP contribution in [0.3, 0.4) is 0 Å². The van der Waals surface area contributed by atoms with Gasteiger partial charge in [-0.1, -0.05) is 0 Å². The van der Waals surface area contributed by atoms with Crippen LogP contribution in [0, 0.1) is 20.2 Å². The monoisotopic (exact) mass is 510 g/mol. The lowest BCUT2D eigenvalue weighted by Crippen LogP contribution is -2.00. The Kier molecular flexibility index (Phi) is 5.42. The second-order valence-corrected chi connectivity index (χ2v) is 7.37. The third-order valence-corrected chi connectivity index (χ3v) is 5.48. The van der Waals surface area contributed by atoms with Crippen molar-refractivity contribution in [1.82, 2.24) is 0 Å². The van der Waals surface area contributed by atoms with Crippen molar-refractivity contribution in [1.29, 1.82) is 0 Å². The first-order chi connectivity index (χ1) is 13.2. The molecule has 2 aromatic carbocycles. The van der Waals surface area contributed by atoms with Gasteiger partial charge in [0.1, 0.15) is 9.24 Å². The van der Waals surface area contributed by atoms with Gasteiger partial charge in [0.05, 0.1) is 34.3 Å². The fraction of sp³-hybridized carbons (Fsp3) is 0.125. The number of nitrogens with zero attached hydrogens (tertiary/aromatic N) is 4. The summed E-state index contributed by atoms with van der Waals surface area (Å²) in [5.41, 5.74) is 14.9. The molecule has 10 nitrogen and oxygen atoms in total. The lowest BCUT2D eigenvalue weighted by Gasteiger charge is -2.03. The fourth-order valence-electron chi connectivity index (χ4n) is 2.72. The van der Waals surface area contributed by atoms with E-state index in [1.54, 1.807) is 0 Å². The maximum Gasteiger partial charge on any atom is 0.346 e. The van der Waals surface area contributed by atoms with E-state index in [0.29, 0.717) is 40.2 Å². The van der Waals surface area contributed by atoms with Gasteiger partial charge in [0.15, 0.2) is 0 Å². The largest absolute Gasteiger partial charge is 0.397 e. The Morgan fingerprint density at radius 2 is 1.21 bits per heavy atom. The van der Waals surface area contributed by atoms with Crippen LogP contribution in [0.1, 0.15) is 22.3 Å². The molecule has 144 valence electrons. The van der Waals surface area contributed by atoms with E-state index in [2.05, 4.69) is 41.8 Å². The minimum Gasteiger partial charge on any atom is -0.397 e. The smallest absolute Gasteiger partial charge is 0.346 e. The van der Waals surface area contributed by atoms with E-state index in [-0.39, 0.29) is 0 Å². The van der Waals surface area contributed by atoms with Gasteiger partial charge in [-0.25, -0.2) is 0 Å². The number of nitro benzene ring substituents is 2. The Labute approximate surface area is 174 Å². The van der Waals surface area contributed by atoms with Gasteiger partial charge in [-0.3, -0.25) is 30.2 Å². The first kappa shape index (κ1) is 19.9. The highest BCUT2D eigenvalue weighted by Gasteiger charge is 2.29. The molecule has 0 radical (unpaired) electrons. The van der Waals surface area contributed by atoms with E-state index in [1.807, 2.05) is 12.1 Å². The summed E-state index contributed by atoms with van der Waals surface area (Å²) in [5.74, 6) is 0.